The molecule has 7 nitrogen and oxygen atoms in total. The van der Waals surface area contributed by atoms with Gasteiger partial charge in [-0.25, -0.2) is 5.43 Å². The fraction of sp³-hybridized carbons (Fsp3) is 0.118. The molecule has 0 aliphatic rings. The number of aromatic hydroxyl groups is 1. The van der Waals surface area contributed by atoms with E-state index in [1.807, 2.05) is 0 Å². The predicted molar refractivity (Wildman–Crippen MR) is 95.1 cm³/mol. The second-order valence-electron chi connectivity index (χ2n) is 4.79. The Morgan fingerprint density at radius 1 is 1.24 bits per heavy atom. The Kier molecular flexibility index (Phi) is 6.36. The first-order valence-corrected chi connectivity index (χ1v) is 7.73. The fourth-order valence-electron chi connectivity index (χ4n) is 1.84. The number of carbonyl (C=O) groups is 2. The van der Waals surface area contributed by atoms with Gasteiger partial charge in [-0.2, -0.15) is 5.10 Å². The van der Waals surface area contributed by atoms with E-state index in [0.29, 0.717) is 28.6 Å². The number of hydrogen-bond acceptors (Lipinski definition) is 5. The Morgan fingerprint density at radius 3 is 2.72 bits per heavy atom. The van der Waals surface area contributed by atoms with Crippen LogP contribution in [-0.2, 0) is 9.59 Å². The molecular formula is C17H16ClN3O4. The minimum absolute atomic E-state index is 0.00199. The monoisotopic (exact) mass is 361 g/mol. The van der Waals surface area contributed by atoms with Crippen molar-refractivity contribution in [2.75, 3.05) is 11.9 Å². The zero-order chi connectivity index (χ0) is 18.2. The van der Waals surface area contributed by atoms with E-state index >= 15 is 0 Å². The van der Waals surface area contributed by atoms with Crippen LogP contribution < -0.4 is 15.5 Å². The number of nitrogens with one attached hydrogen (secondary N) is 2. The summed E-state index contributed by atoms with van der Waals surface area (Å²) in [5.74, 6) is -1.54. The Bertz CT molecular complexity index is 808. The van der Waals surface area contributed by atoms with Gasteiger partial charge in [-0.3, -0.25) is 9.59 Å². The normalized spacial score (nSPS) is 10.5. The van der Waals surface area contributed by atoms with Gasteiger partial charge in [0.2, 0.25) is 0 Å². The summed E-state index contributed by atoms with van der Waals surface area (Å²) in [5, 5.41) is 16.0. The van der Waals surface area contributed by atoms with Crippen LogP contribution in [0.2, 0.25) is 5.02 Å². The number of hydrazone groups is 1. The average molecular weight is 362 g/mol. The highest BCUT2D eigenvalue weighted by Gasteiger charge is 2.14. The minimum atomic E-state index is -0.944. The number of halogens is 1. The Labute approximate surface area is 149 Å². The average Bonchev–Trinajstić information content (AvgIpc) is 2.59. The third-order valence-electron chi connectivity index (χ3n) is 2.99. The number of phenolic OH excluding ortho intramolecular Hbond substituents is 1. The molecule has 2 amide bonds. The van der Waals surface area contributed by atoms with Crippen LogP contribution >= 0.6 is 11.6 Å². The lowest BCUT2D eigenvalue weighted by Gasteiger charge is -2.06. The summed E-state index contributed by atoms with van der Waals surface area (Å²) in [6.45, 7) is 2.19. The number of benzene rings is 2. The Morgan fingerprint density at radius 2 is 2.00 bits per heavy atom. The molecule has 0 aliphatic carbocycles. The van der Waals surface area contributed by atoms with Gasteiger partial charge in [0, 0.05) is 0 Å². The molecular weight excluding hydrogens is 346 g/mol. The van der Waals surface area contributed by atoms with Crippen LogP contribution in [0, 0.1) is 0 Å². The van der Waals surface area contributed by atoms with Gasteiger partial charge in [-0.05, 0) is 42.8 Å². The molecule has 2 aromatic rings. The van der Waals surface area contributed by atoms with E-state index in [1.54, 1.807) is 43.3 Å². The number of phenols is 1. The number of rotatable bonds is 5. The van der Waals surface area contributed by atoms with Crippen molar-refractivity contribution in [1.82, 2.24) is 5.43 Å². The lowest BCUT2D eigenvalue weighted by atomic mass is 10.2. The Balaban J connectivity index is 1.95. The zero-order valence-corrected chi connectivity index (χ0v) is 14.1. The zero-order valence-electron chi connectivity index (χ0n) is 13.3. The van der Waals surface area contributed by atoms with Crippen LogP contribution in [0.4, 0.5) is 5.69 Å². The van der Waals surface area contributed by atoms with Crippen molar-refractivity contribution in [3.05, 3.63) is 53.1 Å². The number of carbonyl (C=O) groups excluding carboxylic acids is 2. The van der Waals surface area contributed by atoms with E-state index in [0.717, 1.165) is 0 Å². The summed E-state index contributed by atoms with van der Waals surface area (Å²) in [5.41, 5.74) is 3.01. The predicted octanol–water partition coefficient (Wildman–Crippen LogP) is 2.53. The first-order valence-electron chi connectivity index (χ1n) is 7.36. The minimum Gasteiger partial charge on any atom is -0.504 e. The Hall–Kier alpha value is -3.06. The van der Waals surface area contributed by atoms with Crippen LogP contribution in [0.15, 0.2) is 47.6 Å². The summed E-state index contributed by atoms with van der Waals surface area (Å²) in [4.78, 5) is 23.5. The molecule has 130 valence electrons. The lowest BCUT2D eigenvalue weighted by Crippen LogP contribution is -2.32. The summed E-state index contributed by atoms with van der Waals surface area (Å²) >= 11 is 5.90. The number of ether oxygens (including phenoxy) is 1. The van der Waals surface area contributed by atoms with Gasteiger partial charge < -0.3 is 15.2 Å². The maximum Gasteiger partial charge on any atom is 0.329 e. The van der Waals surface area contributed by atoms with E-state index in [1.165, 1.54) is 12.3 Å². The maximum absolute atomic E-state index is 11.8. The molecule has 0 heterocycles. The highest BCUT2D eigenvalue weighted by Crippen LogP contribution is 2.26. The van der Waals surface area contributed by atoms with E-state index in [-0.39, 0.29) is 5.75 Å². The van der Waals surface area contributed by atoms with Crippen molar-refractivity contribution in [1.29, 1.82) is 0 Å². The fourth-order valence-corrected chi connectivity index (χ4v) is 2.02. The van der Waals surface area contributed by atoms with Gasteiger partial charge in [0.05, 0.1) is 23.5 Å². The van der Waals surface area contributed by atoms with E-state index in [4.69, 9.17) is 16.3 Å². The van der Waals surface area contributed by atoms with Crippen molar-refractivity contribution >= 4 is 35.3 Å². The van der Waals surface area contributed by atoms with Crippen molar-refractivity contribution in [3.63, 3.8) is 0 Å². The van der Waals surface area contributed by atoms with E-state index < -0.39 is 11.8 Å². The summed E-state index contributed by atoms with van der Waals surface area (Å²) in [7, 11) is 0. The quantitative estimate of drug-likeness (QED) is 0.433. The first kappa shape index (κ1) is 18.3. The third-order valence-corrected chi connectivity index (χ3v) is 3.32. The van der Waals surface area contributed by atoms with Crippen molar-refractivity contribution < 1.29 is 19.4 Å². The molecule has 0 fully saturated rings. The number of para-hydroxylation sites is 1. The molecule has 0 saturated carbocycles. The molecule has 3 N–H and O–H groups in total. The molecule has 25 heavy (non-hydrogen) atoms. The molecule has 0 atom stereocenters. The van der Waals surface area contributed by atoms with Crippen molar-refractivity contribution in [2.24, 2.45) is 5.10 Å². The molecule has 8 heteroatoms. The van der Waals surface area contributed by atoms with Crippen LogP contribution in [-0.4, -0.2) is 29.7 Å². The van der Waals surface area contributed by atoms with Gasteiger partial charge in [0.25, 0.3) is 0 Å². The molecule has 0 bridgehead atoms. The molecule has 0 spiro atoms. The summed E-state index contributed by atoms with van der Waals surface area (Å²) < 4.78 is 5.24. The first-order chi connectivity index (χ1) is 12.0. The molecule has 2 aromatic carbocycles. The molecule has 0 unspecified atom stereocenters. The number of amides is 2. The SMILES string of the molecule is CCOc1cc(/C=N/NC(=O)C(=O)Nc2ccccc2Cl)ccc1O. The van der Waals surface area contributed by atoms with Gasteiger partial charge >= 0.3 is 11.8 Å². The highest BCUT2D eigenvalue weighted by atomic mass is 35.5. The molecule has 2 rings (SSSR count). The third kappa shape index (κ3) is 5.22. The second-order valence-corrected chi connectivity index (χ2v) is 5.20. The highest BCUT2D eigenvalue weighted by molar-refractivity contribution is 6.41. The summed E-state index contributed by atoms with van der Waals surface area (Å²) in [6.07, 6.45) is 1.32. The number of nitrogens with zero attached hydrogens (tertiary/aromatic N) is 1. The van der Waals surface area contributed by atoms with Crippen molar-refractivity contribution in [3.8, 4) is 11.5 Å². The number of anilines is 1. The second kappa shape index (κ2) is 8.70. The van der Waals surface area contributed by atoms with Crippen LogP contribution in [0.5, 0.6) is 11.5 Å². The molecule has 0 aliphatic heterocycles. The topological polar surface area (TPSA) is 100 Å². The maximum atomic E-state index is 11.8. The van der Waals surface area contributed by atoms with Crippen LogP contribution in [0.1, 0.15) is 12.5 Å². The molecule has 0 radical (unpaired) electrons. The smallest absolute Gasteiger partial charge is 0.329 e. The van der Waals surface area contributed by atoms with E-state index in [2.05, 4.69) is 15.8 Å². The van der Waals surface area contributed by atoms with Gasteiger partial charge in [-0.15, -0.1) is 0 Å². The largest absolute Gasteiger partial charge is 0.504 e. The van der Waals surface area contributed by atoms with Gasteiger partial charge in [0.1, 0.15) is 0 Å². The summed E-state index contributed by atoms with van der Waals surface area (Å²) in [6, 6.07) is 11.1. The van der Waals surface area contributed by atoms with Gasteiger partial charge in [-0.1, -0.05) is 23.7 Å². The molecule has 0 aromatic heterocycles. The standard InChI is InChI=1S/C17H16ClN3O4/c1-2-25-15-9-11(7-8-14(15)22)10-19-21-17(24)16(23)20-13-6-4-3-5-12(13)18/h3-10,22H,2H2,1H3,(H,20,23)(H,21,24)/b19-10+. The van der Waals surface area contributed by atoms with Crippen molar-refractivity contribution in [2.45, 2.75) is 6.92 Å². The van der Waals surface area contributed by atoms with E-state index in [9.17, 15) is 14.7 Å². The number of hydrogen-bond donors (Lipinski definition) is 3. The van der Waals surface area contributed by atoms with Gasteiger partial charge in [0.15, 0.2) is 11.5 Å². The molecule has 0 saturated heterocycles. The van der Waals surface area contributed by atoms with Crippen LogP contribution in [0.3, 0.4) is 0 Å². The van der Waals surface area contributed by atoms with Crippen LogP contribution in [0.25, 0.3) is 0 Å². The lowest BCUT2D eigenvalue weighted by molar-refractivity contribution is -0.136.